The molecule has 0 fully saturated rings. The highest BCUT2D eigenvalue weighted by Crippen LogP contribution is 2.39. The predicted octanol–water partition coefficient (Wildman–Crippen LogP) is 4.20. The molecule has 0 radical (unpaired) electrons. The maximum Gasteiger partial charge on any atom is 0.262 e. The lowest BCUT2D eigenvalue weighted by Crippen LogP contribution is -2.62. The molecular formula is C35H18B2N2O2S. The lowest BCUT2D eigenvalue weighted by Gasteiger charge is -2.35. The van der Waals surface area contributed by atoms with Crippen LogP contribution in [0, 0.1) is 0 Å². The molecule has 0 aliphatic carbocycles. The Hall–Kier alpha value is -4.87. The average Bonchev–Trinajstić information content (AvgIpc) is 3.37. The fourth-order valence-electron chi connectivity index (χ4n) is 7.81. The molecule has 0 unspecified atom stereocenters. The minimum atomic E-state index is -0.00447. The molecule has 4 aliphatic rings. The van der Waals surface area contributed by atoms with Gasteiger partial charge in [0.2, 0.25) is 5.88 Å². The van der Waals surface area contributed by atoms with Crippen LogP contribution in [0.1, 0.15) is 0 Å². The van der Waals surface area contributed by atoms with Crippen molar-refractivity contribution in [2.24, 2.45) is 0 Å². The maximum atomic E-state index is 6.55. The Morgan fingerprint density at radius 3 is 2.31 bits per heavy atom. The number of hydrogen-bond acceptors (Lipinski definition) is 4. The van der Waals surface area contributed by atoms with Gasteiger partial charge in [0, 0.05) is 32.3 Å². The molecule has 0 amide bonds. The Kier molecular flexibility index (Phi) is 3.89. The van der Waals surface area contributed by atoms with Crippen LogP contribution in [0.2, 0.25) is 0 Å². The van der Waals surface area contributed by atoms with Crippen LogP contribution in [-0.4, -0.2) is 23.0 Å². The minimum absolute atomic E-state index is 0.00447. The zero-order valence-electron chi connectivity index (χ0n) is 22.2. The normalized spacial score (nSPS) is 14.4. The molecule has 192 valence electrons. The first kappa shape index (κ1) is 21.8. The van der Waals surface area contributed by atoms with Crippen molar-refractivity contribution in [3.63, 3.8) is 0 Å². The van der Waals surface area contributed by atoms with Gasteiger partial charge in [-0.15, -0.1) is 0 Å². The first-order valence-electron chi connectivity index (χ1n) is 14.3. The van der Waals surface area contributed by atoms with Crippen molar-refractivity contribution in [2.75, 3.05) is 0 Å². The lowest BCUT2D eigenvalue weighted by molar-refractivity contribution is 0.450. The molecule has 0 N–H and O–H groups in total. The molecule has 0 spiro atoms. The summed E-state index contributed by atoms with van der Waals surface area (Å²) in [6.07, 6.45) is 0. The van der Waals surface area contributed by atoms with E-state index in [9.17, 15) is 0 Å². The number of ether oxygens (including phenoxy) is 2. The summed E-state index contributed by atoms with van der Waals surface area (Å²) in [6, 6.07) is 39.1. The largest absolute Gasteiger partial charge is 0.458 e. The van der Waals surface area contributed by atoms with Gasteiger partial charge in [-0.2, -0.15) is 0 Å². The van der Waals surface area contributed by atoms with Gasteiger partial charge in [0.1, 0.15) is 22.3 Å². The van der Waals surface area contributed by atoms with E-state index in [1.165, 1.54) is 48.8 Å². The van der Waals surface area contributed by atoms with Crippen LogP contribution in [0.4, 0.5) is 0 Å². The smallest absolute Gasteiger partial charge is 0.262 e. The lowest BCUT2D eigenvalue weighted by atomic mass is 9.32. The molecule has 7 aromatic rings. The van der Waals surface area contributed by atoms with Gasteiger partial charge in [0.05, 0.1) is 5.52 Å². The fourth-order valence-corrected chi connectivity index (χ4v) is 8.92. The predicted molar refractivity (Wildman–Crippen MR) is 171 cm³/mol. The van der Waals surface area contributed by atoms with E-state index in [-0.39, 0.29) is 13.4 Å². The molecule has 4 aliphatic heterocycles. The molecule has 6 heterocycles. The third kappa shape index (κ3) is 2.53. The molecule has 42 heavy (non-hydrogen) atoms. The number of pyridine rings is 1. The molecule has 7 heteroatoms. The molecule has 5 aromatic carbocycles. The highest BCUT2D eigenvalue weighted by atomic mass is 32.2. The van der Waals surface area contributed by atoms with E-state index in [4.69, 9.17) is 14.5 Å². The zero-order valence-corrected chi connectivity index (χ0v) is 23.0. The number of para-hydroxylation sites is 3. The summed E-state index contributed by atoms with van der Waals surface area (Å²) < 4.78 is 15.4. The van der Waals surface area contributed by atoms with Gasteiger partial charge in [-0.25, -0.2) is 4.98 Å². The molecule has 11 rings (SSSR count). The third-order valence-electron chi connectivity index (χ3n) is 9.42. The van der Waals surface area contributed by atoms with Gasteiger partial charge >= 0.3 is 0 Å². The Labute approximate surface area is 246 Å². The second kappa shape index (κ2) is 7.50. The first-order valence-corrected chi connectivity index (χ1v) is 15.1. The molecule has 0 saturated heterocycles. The van der Waals surface area contributed by atoms with Crippen molar-refractivity contribution < 1.29 is 9.47 Å². The average molecular weight is 552 g/mol. The molecule has 2 aromatic heterocycles. The van der Waals surface area contributed by atoms with Gasteiger partial charge in [-0.1, -0.05) is 84.6 Å². The van der Waals surface area contributed by atoms with Crippen molar-refractivity contribution in [2.45, 2.75) is 9.92 Å². The molecule has 4 nitrogen and oxygen atoms in total. The van der Waals surface area contributed by atoms with E-state index in [1.807, 2.05) is 24.3 Å². The SMILES string of the molecule is c1ccc2c(c1)Oc1cccc3c1B2c1cc2c(nc1O3)Sc1cccc3c1B2c1cccc2c4ccccc4n-3c12. The summed E-state index contributed by atoms with van der Waals surface area (Å²) >= 11 is 1.76. The molecule has 0 atom stereocenters. The monoisotopic (exact) mass is 552 g/mol. The van der Waals surface area contributed by atoms with Gasteiger partial charge < -0.3 is 14.0 Å². The first-order chi connectivity index (χ1) is 20.8. The van der Waals surface area contributed by atoms with E-state index in [1.54, 1.807) is 11.8 Å². The maximum absolute atomic E-state index is 6.55. The van der Waals surface area contributed by atoms with Crippen LogP contribution in [0.3, 0.4) is 0 Å². The van der Waals surface area contributed by atoms with Crippen molar-refractivity contribution in [3.8, 4) is 28.8 Å². The van der Waals surface area contributed by atoms with E-state index in [0.29, 0.717) is 5.88 Å². The van der Waals surface area contributed by atoms with Crippen LogP contribution in [-0.2, 0) is 0 Å². The van der Waals surface area contributed by atoms with Crippen molar-refractivity contribution in [1.29, 1.82) is 0 Å². The summed E-state index contributed by atoms with van der Waals surface area (Å²) in [5.41, 5.74) is 11.1. The summed E-state index contributed by atoms with van der Waals surface area (Å²) in [7, 11) is 0. The van der Waals surface area contributed by atoms with Crippen molar-refractivity contribution in [3.05, 3.63) is 109 Å². The van der Waals surface area contributed by atoms with E-state index in [0.717, 1.165) is 38.7 Å². The third-order valence-corrected chi connectivity index (χ3v) is 10.5. The quantitative estimate of drug-likeness (QED) is 0.265. The number of rotatable bonds is 0. The van der Waals surface area contributed by atoms with Crippen LogP contribution in [0.5, 0.6) is 23.1 Å². The van der Waals surface area contributed by atoms with Crippen LogP contribution in [0.15, 0.2) is 119 Å². The summed E-state index contributed by atoms with van der Waals surface area (Å²) in [4.78, 5) is 6.54. The molecular weight excluding hydrogens is 534 g/mol. The highest BCUT2D eigenvalue weighted by molar-refractivity contribution is 8.00. The van der Waals surface area contributed by atoms with Crippen LogP contribution < -0.4 is 42.3 Å². The van der Waals surface area contributed by atoms with Crippen LogP contribution in [0.25, 0.3) is 27.5 Å². The van der Waals surface area contributed by atoms with E-state index < -0.39 is 0 Å². The topological polar surface area (TPSA) is 36.3 Å². The second-order valence-corrected chi connectivity index (χ2v) is 12.5. The van der Waals surface area contributed by atoms with Crippen LogP contribution >= 0.6 is 11.8 Å². The van der Waals surface area contributed by atoms with E-state index >= 15 is 0 Å². The number of nitrogens with zero attached hydrogens (tertiary/aromatic N) is 2. The Balaban J connectivity index is 1.23. The molecule has 0 saturated carbocycles. The number of benzene rings is 5. The minimum Gasteiger partial charge on any atom is -0.458 e. The van der Waals surface area contributed by atoms with Gasteiger partial charge in [-0.05, 0) is 63.7 Å². The van der Waals surface area contributed by atoms with Gasteiger partial charge in [0.25, 0.3) is 13.4 Å². The van der Waals surface area contributed by atoms with E-state index in [2.05, 4.69) is 89.5 Å². The number of fused-ring (bicyclic) bond motifs is 11. The summed E-state index contributed by atoms with van der Waals surface area (Å²) in [5, 5.41) is 3.61. The number of hydrogen-bond donors (Lipinski definition) is 0. The van der Waals surface area contributed by atoms with Gasteiger partial charge in [-0.3, -0.25) is 0 Å². The Morgan fingerprint density at radius 1 is 0.595 bits per heavy atom. The summed E-state index contributed by atoms with van der Waals surface area (Å²) in [6.45, 7) is 0.0765. The second-order valence-electron chi connectivity index (χ2n) is 11.4. The Morgan fingerprint density at radius 2 is 1.33 bits per heavy atom. The highest BCUT2D eigenvalue weighted by Gasteiger charge is 2.45. The van der Waals surface area contributed by atoms with Gasteiger partial charge in [0.15, 0.2) is 0 Å². The summed E-state index contributed by atoms with van der Waals surface area (Å²) in [5.74, 6) is 3.26. The van der Waals surface area contributed by atoms with Crippen molar-refractivity contribution >= 4 is 79.8 Å². The number of aromatic nitrogens is 2. The molecule has 0 bridgehead atoms. The zero-order chi connectivity index (χ0) is 27.1. The fraction of sp³-hybridized carbons (Fsp3) is 0. The Bertz CT molecular complexity index is 2380. The standard InChI is InChI=1S/C35H18B2N2O2S/c1-3-12-25-19(8-1)20-9-5-11-22-33(20)39(25)26-13-6-17-30-31(26)37(22)24-18-23-34(38-35(24)42-30)41-29-16-7-15-28-32(29)36(23)21-10-2-4-14-27(21)40-28/h1-18H. The van der Waals surface area contributed by atoms with Crippen molar-refractivity contribution in [1.82, 2.24) is 9.55 Å².